The van der Waals surface area contributed by atoms with Gasteiger partial charge in [-0.15, -0.1) is 0 Å². The Balaban J connectivity index is 1.87. The monoisotopic (exact) mass is 263 g/mol. The molecule has 0 saturated heterocycles. The average molecular weight is 263 g/mol. The third-order valence-corrected chi connectivity index (χ3v) is 3.68. The predicted molar refractivity (Wildman–Crippen MR) is 77.8 cm³/mol. The van der Waals surface area contributed by atoms with Crippen molar-refractivity contribution >= 4 is 0 Å². The van der Waals surface area contributed by atoms with E-state index in [1.807, 2.05) is 6.07 Å². The standard InChI is InChI=1S/C16H25NO2/c1-16(2,12-17-8-9-18-3)10-13-11-19-15-7-5-4-6-14(13)15/h4-7,13,17H,8-12H2,1-3H3. The van der Waals surface area contributed by atoms with Gasteiger partial charge in [-0.05, 0) is 17.9 Å². The van der Waals surface area contributed by atoms with Gasteiger partial charge in [0.25, 0.3) is 0 Å². The molecule has 0 saturated carbocycles. The zero-order valence-electron chi connectivity index (χ0n) is 12.2. The Morgan fingerprint density at radius 2 is 2.16 bits per heavy atom. The van der Waals surface area contributed by atoms with Crippen LogP contribution in [-0.2, 0) is 4.74 Å². The number of fused-ring (bicyclic) bond motifs is 1. The molecule has 0 aromatic heterocycles. The van der Waals surface area contributed by atoms with E-state index in [4.69, 9.17) is 9.47 Å². The van der Waals surface area contributed by atoms with E-state index in [1.165, 1.54) is 5.56 Å². The summed E-state index contributed by atoms with van der Waals surface area (Å²) in [6.45, 7) is 8.14. The number of para-hydroxylation sites is 1. The Labute approximate surface area is 116 Å². The highest BCUT2D eigenvalue weighted by atomic mass is 16.5. The molecule has 2 rings (SSSR count). The molecule has 0 bridgehead atoms. The molecule has 1 aliphatic rings. The quantitative estimate of drug-likeness (QED) is 0.767. The first-order chi connectivity index (χ1) is 9.12. The third kappa shape index (κ3) is 3.95. The van der Waals surface area contributed by atoms with Gasteiger partial charge in [0.2, 0.25) is 0 Å². The van der Waals surface area contributed by atoms with Gasteiger partial charge in [0.15, 0.2) is 0 Å². The second kappa shape index (κ2) is 6.40. The highest BCUT2D eigenvalue weighted by molar-refractivity contribution is 5.39. The highest BCUT2D eigenvalue weighted by Gasteiger charge is 2.30. The number of nitrogens with one attached hydrogen (secondary N) is 1. The van der Waals surface area contributed by atoms with Gasteiger partial charge in [0.05, 0.1) is 13.2 Å². The molecular formula is C16H25NO2. The molecule has 0 radical (unpaired) electrons. The van der Waals surface area contributed by atoms with Gasteiger partial charge in [-0.3, -0.25) is 0 Å². The normalized spacial score (nSPS) is 18.2. The summed E-state index contributed by atoms with van der Waals surface area (Å²) in [5.74, 6) is 1.59. The van der Waals surface area contributed by atoms with Crippen LogP contribution in [0.2, 0.25) is 0 Å². The number of benzene rings is 1. The van der Waals surface area contributed by atoms with E-state index in [9.17, 15) is 0 Å². The molecule has 1 heterocycles. The Morgan fingerprint density at radius 3 is 2.95 bits per heavy atom. The molecule has 19 heavy (non-hydrogen) atoms. The van der Waals surface area contributed by atoms with Crippen molar-refractivity contribution in [3.63, 3.8) is 0 Å². The molecule has 1 atom stereocenters. The zero-order valence-corrected chi connectivity index (χ0v) is 12.2. The molecule has 0 spiro atoms. The van der Waals surface area contributed by atoms with Crippen LogP contribution < -0.4 is 10.1 Å². The molecule has 106 valence electrons. The second-order valence-electron chi connectivity index (χ2n) is 6.08. The SMILES string of the molecule is COCCNCC(C)(C)CC1COc2ccccc21. The summed E-state index contributed by atoms with van der Waals surface area (Å²) in [6.07, 6.45) is 1.14. The lowest BCUT2D eigenvalue weighted by Gasteiger charge is -2.28. The maximum absolute atomic E-state index is 5.76. The minimum Gasteiger partial charge on any atom is -0.493 e. The van der Waals surface area contributed by atoms with Crippen LogP contribution in [0.25, 0.3) is 0 Å². The van der Waals surface area contributed by atoms with Crippen molar-refractivity contribution in [2.24, 2.45) is 5.41 Å². The summed E-state index contributed by atoms with van der Waals surface area (Å²) in [5, 5.41) is 3.46. The van der Waals surface area contributed by atoms with E-state index >= 15 is 0 Å². The minimum absolute atomic E-state index is 0.263. The number of rotatable bonds is 7. The van der Waals surface area contributed by atoms with Gasteiger partial charge in [-0.1, -0.05) is 32.0 Å². The summed E-state index contributed by atoms with van der Waals surface area (Å²) in [6, 6.07) is 8.41. The molecule has 1 N–H and O–H groups in total. The van der Waals surface area contributed by atoms with Gasteiger partial charge in [-0.25, -0.2) is 0 Å². The van der Waals surface area contributed by atoms with E-state index in [0.717, 1.165) is 38.5 Å². The van der Waals surface area contributed by atoms with Crippen LogP contribution in [0.5, 0.6) is 5.75 Å². The van der Waals surface area contributed by atoms with Gasteiger partial charge in [0, 0.05) is 31.7 Å². The van der Waals surface area contributed by atoms with Crippen molar-refractivity contribution in [2.75, 3.05) is 33.4 Å². The minimum atomic E-state index is 0.263. The maximum Gasteiger partial charge on any atom is 0.122 e. The fourth-order valence-electron chi connectivity index (χ4n) is 2.74. The van der Waals surface area contributed by atoms with Crippen molar-refractivity contribution in [3.05, 3.63) is 29.8 Å². The summed E-state index contributed by atoms with van der Waals surface area (Å²) in [4.78, 5) is 0. The molecule has 1 unspecified atom stereocenters. The largest absolute Gasteiger partial charge is 0.493 e. The van der Waals surface area contributed by atoms with Gasteiger partial charge in [-0.2, -0.15) is 0 Å². The highest BCUT2D eigenvalue weighted by Crippen LogP contribution is 2.40. The maximum atomic E-state index is 5.76. The molecule has 1 aromatic carbocycles. The Hall–Kier alpha value is -1.06. The first-order valence-corrected chi connectivity index (χ1v) is 7.04. The number of hydrogen-bond donors (Lipinski definition) is 1. The van der Waals surface area contributed by atoms with E-state index in [-0.39, 0.29) is 5.41 Å². The lowest BCUT2D eigenvalue weighted by atomic mass is 9.80. The number of methoxy groups -OCH3 is 1. The van der Waals surface area contributed by atoms with Crippen molar-refractivity contribution in [1.82, 2.24) is 5.32 Å². The lowest BCUT2D eigenvalue weighted by molar-refractivity contribution is 0.190. The Kier molecular flexibility index (Phi) is 4.83. The molecule has 0 amide bonds. The average Bonchev–Trinajstić information content (AvgIpc) is 2.78. The number of hydrogen-bond acceptors (Lipinski definition) is 3. The zero-order chi connectivity index (χ0) is 13.7. The molecule has 0 aliphatic carbocycles. The molecule has 3 nitrogen and oxygen atoms in total. The molecule has 1 aliphatic heterocycles. The second-order valence-corrected chi connectivity index (χ2v) is 6.08. The van der Waals surface area contributed by atoms with Crippen LogP contribution in [0.4, 0.5) is 0 Å². The molecule has 1 aromatic rings. The summed E-state index contributed by atoms with van der Waals surface area (Å²) >= 11 is 0. The van der Waals surface area contributed by atoms with Gasteiger partial charge < -0.3 is 14.8 Å². The van der Waals surface area contributed by atoms with Crippen LogP contribution in [0.1, 0.15) is 31.7 Å². The van der Waals surface area contributed by atoms with Crippen LogP contribution in [0.3, 0.4) is 0 Å². The lowest BCUT2D eigenvalue weighted by Crippen LogP contribution is -2.33. The Morgan fingerprint density at radius 1 is 1.37 bits per heavy atom. The van der Waals surface area contributed by atoms with Crippen LogP contribution >= 0.6 is 0 Å². The van der Waals surface area contributed by atoms with E-state index in [1.54, 1.807) is 7.11 Å². The third-order valence-electron chi connectivity index (χ3n) is 3.68. The van der Waals surface area contributed by atoms with E-state index in [2.05, 4.69) is 37.4 Å². The topological polar surface area (TPSA) is 30.5 Å². The fourth-order valence-corrected chi connectivity index (χ4v) is 2.74. The predicted octanol–water partition coefficient (Wildman–Crippen LogP) is 2.81. The van der Waals surface area contributed by atoms with Crippen molar-refractivity contribution in [1.29, 1.82) is 0 Å². The van der Waals surface area contributed by atoms with Crippen molar-refractivity contribution in [2.45, 2.75) is 26.2 Å². The number of ether oxygens (including phenoxy) is 2. The van der Waals surface area contributed by atoms with Gasteiger partial charge >= 0.3 is 0 Å². The Bertz CT molecular complexity index is 403. The smallest absolute Gasteiger partial charge is 0.122 e. The van der Waals surface area contributed by atoms with Crippen molar-refractivity contribution < 1.29 is 9.47 Å². The van der Waals surface area contributed by atoms with Crippen LogP contribution in [-0.4, -0.2) is 33.4 Å². The fraction of sp³-hybridized carbons (Fsp3) is 0.625. The first kappa shape index (κ1) is 14.4. The summed E-state index contributed by atoms with van der Waals surface area (Å²) < 4.78 is 10.8. The summed E-state index contributed by atoms with van der Waals surface area (Å²) in [5.41, 5.74) is 1.63. The molecular weight excluding hydrogens is 238 g/mol. The van der Waals surface area contributed by atoms with Gasteiger partial charge in [0.1, 0.15) is 5.75 Å². The van der Waals surface area contributed by atoms with E-state index < -0.39 is 0 Å². The summed E-state index contributed by atoms with van der Waals surface area (Å²) in [7, 11) is 1.74. The van der Waals surface area contributed by atoms with E-state index in [0.29, 0.717) is 5.92 Å². The van der Waals surface area contributed by atoms with Crippen LogP contribution in [0.15, 0.2) is 24.3 Å². The molecule has 0 fully saturated rings. The van der Waals surface area contributed by atoms with Crippen molar-refractivity contribution in [3.8, 4) is 5.75 Å². The first-order valence-electron chi connectivity index (χ1n) is 7.04. The molecule has 3 heteroatoms. The van der Waals surface area contributed by atoms with Crippen LogP contribution in [0, 0.1) is 5.41 Å².